The molecule has 0 aliphatic heterocycles. The van der Waals surface area contributed by atoms with E-state index >= 15 is 0 Å². The van der Waals surface area contributed by atoms with Crippen LogP contribution in [0.5, 0.6) is 0 Å². The van der Waals surface area contributed by atoms with Crippen LogP contribution in [0.3, 0.4) is 0 Å². The molecule has 1 aromatic carbocycles. The Morgan fingerprint density at radius 3 is 2.23 bits per heavy atom. The topological polar surface area (TPSA) is 0 Å². The zero-order chi connectivity index (χ0) is 10.1. The molecule has 0 saturated carbocycles. The molecule has 0 spiro atoms. The molecule has 0 aromatic heterocycles. The van der Waals surface area contributed by atoms with Crippen molar-refractivity contribution in [2.45, 2.75) is 29.9 Å². The van der Waals surface area contributed by atoms with Gasteiger partial charge in [-0.25, -0.2) is 0 Å². The maximum Gasteiger partial charge on any atom is 0.0946 e. The lowest BCUT2D eigenvalue weighted by molar-refractivity contribution is 0.589. The maximum absolute atomic E-state index is 3.50. The molecule has 0 radical (unpaired) electrons. The van der Waals surface area contributed by atoms with Gasteiger partial charge in [-0.15, -0.1) is 0 Å². The van der Waals surface area contributed by atoms with E-state index in [1.165, 1.54) is 11.1 Å². The Morgan fingerprint density at radius 2 is 1.77 bits per heavy atom. The Labute approximate surface area is 97.0 Å². The molecule has 0 saturated heterocycles. The van der Waals surface area contributed by atoms with Crippen molar-refractivity contribution in [3.8, 4) is 0 Å². The lowest BCUT2D eigenvalue weighted by Crippen LogP contribution is -2.11. The van der Waals surface area contributed by atoms with Gasteiger partial charge >= 0.3 is 0 Å². The Kier molecular flexibility index (Phi) is 3.58. The molecular formula is C11H14Br2. The standard InChI is InChI=1S/C11H14Br2/c1-11(2,3)9-6-4-5-8(7-9)10(12)13/h4-7,10H,1-3H3. The average Bonchev–Trinajstić information content (AvgIpc) is 2.03. The lowest BCUT2D eigenvalue weighted by Gasteiger charge is -2.20. The van der Waals surface area contributed by atoms with Crippen LogP contribution in [-0.4, -0.2) is 0 Å². The second-order valence-electron chi connectivity index (χ2n) is 4.18. The molecule has 0 aliphatic carbocycles. The summed E-state index contributed by atoms with van der Waals surface area (Å²) in [4.78, 5) is 0. The summed E-state index contributed by atoms with van der Waals surface area (Å²) < 4.78 is 0.252. The summed E-state index contributed by atoms with van der Waals surface area (Å²) >= 11 is 7.00. The Balaban J connectivity index is 3.06. The van der Waals surface area contributed by atoms with Crippen LogP contribution in [-0.2, 0) is 5.41 Å². The van der Waals surface area contributed by atoms with Gasteiger partial charge in [0.1, 0.15) is 0 Å². The summed E-state index contributed by atoms with van der Waals surface area (Å²) in [7, 11) is 0. The van der Waals surface area contributed by atoms with Crippen LogP contribution in [0.15, 0.2) is 24.3 Å². The zero-order valence-electron chi connectivity index (χ0n) is 8.14. The van der Waals surface area contributed by atoms with Crippen molar-refractivity contribution in [1.82, 2.24) is 0 Å². The van der Waals surface area contributed by atoms with E-state index in [0.717, 1.165) is 0 Å². The van der Waals surface area contributed by atoms with Gasteiger partial charge in [-0.3, -0.25) is 0 Å². The SMILES string of the molecule is CC(C)(C)c1cccc(C(Br)Br)c1. The van der Waals surface area contributed by atoms with Crippen molar-refractivity contribution in [3.63, 3.8) is 0 Å². The van der Waals surface area contributed by atoms with Crippen molar-refractivity contribution < 1.29 is 0 Å². The molecule has 0 aliphatic rings. The molecule has 13 heavy (non-hydrogen) atoms. The molecule has 0 heterocycles. The largest absolute Gasteiger partial charge is 0.0946 e. The van der Waals surface area contributed by atoms with E-state index in [0.29, 0.717) is 0 Å². The average molecular weight is 306 g/mol. The molecule has 72 valence electrons. The molecule has 0 fully saturated rings. The normalized spacial score (nSPS) is 12.2. The summed E-state index contributed by atoms with van der Waals surface area (Å²) in [5.74, 6) is 0. The third kappa shape index (κ3) is 3.10. The smallest absolute Gasteiger partial charge is 0.0712 e. The van der Waals surface area contributed by atoms with Gasteiger partial charge in [-0.05, 0) is 16.5 Å². The van der Waals surface area contributed by atoms with Gasteiger partial charge in [-0.1, -0.05) is 76.9 Å². The highest BCUT2D eigenvalue weighted by atomic mass is 79.9. The predicted octanol–water partition coefficient (Wildman–Crippen LogP) is 4.77. The van der Waals surface area contributed by atoms with Gasteiger partial charge in [-0.2, -0.15) is 0 Å². The Hall–Kier alpha value is 0.180. The van der Waals surface area contributed by atoms with Crippen LogP contribution in [0.2, 0.25) is 0 Å². The molecule has 0 amide bonds. The first-order valence-corrected chi connectivity index (χ1v) is 6.13. The highest BCUT2D eigenvalue weighted by molar-refractivity contribution is 9.24. The molecule has 0 bridgehead atoms. The summed E-state index contributed by atoms with van der Waals surface area (Å²) in [6.07, 6.45) is 0. The number of halogens is 2. The fourth-order valence-corrected chi connectivity index (χ4v) is 1.71. The number of rotatable bonds is 1. The highest BCUT2D eigenvalue weighted by Gasteiger charge is 2.14. The summed E-state index contributed by atoms with van der Waals surface area (Å²) in [6.45, 7) is 6.68. The van der Waals surface area contributed by atoms with Crippen molar-refractivity contribution in [1.29, 1.82) is 0 Å². The van der Waals surface area contributed by atoms with Gasteiger partial charge in [0.15, 0.2) is 0 Å². The minimum Gasteiger partial charge on any atom is -0.0712 e. The van der Waals surface area contributed by atoms with E-state index in [2.05, 4.69) is 76.9 Å². The first kappa shape index (κ1) is 11.3. The summed E-state index contributed by atoms with van der Waals surface area (Å²) in [5, 5.41) is 0. The van der Waals surface area contributed by atoms with E-state index in [-0.39, 0.29) is 9.15 Å². The summed E-state index contributed by atoms with van der Waals surface area (Å²) in [6, 6.07) is 8.62. The predicted molar refractivity (Wildman–Crippen MR) is 65.7 cm³/mol. The molecule has 0 unspecified atom stereocenters. The van der Waals surface area contributed by atoms with Crippen LogP contribution in [0.4, 0.5) is 0 Å². The van der Waals surface area contributed by atoms with Crippen LogP contribution in [0, 0.1) is 0 Å². The van der Waals surface area contributed by atoms with Crippen LogP contribution >= 0.6 is 31.9 Å². The van der Waals surface area contributed by atoms with Crippen molar-refractivity contribution in [2.24, 2.45) is 0 Å². The van der Waals surface area contributed by atoms with Crippen molar-refractivity contribution in [3.05, 3.63) is 35.4 Å². The third-order valence-electron chi connectivity index (χ3n) is 2.00. The fraction of sp³-hybridized carbons (Fsp3) is 0.455. The minimum atomic E-state index is 0.227. The number of alkyl halides is 2. The van der Waals surface area contributed by atoms with Crippen LogP contribution < -0.4 is 0 Å². The van der Waals surface area contributed by atoms with Gasteiger partial charge in [0, 0.05) is 0 Å². The first-order valence-electron chi connectivity index (χ1n) is 4.30. The Bertz CT molecular complexity index is 284. The van der Waals surface area contributed by atoms with E-state index in [4.69, 9.17) is 0 Å². The minimum absolute atomic E-state index is 0.227. The van der Waals surface area contributed by atoms with Crippen molar-refractivity contribution in [2.75, 3.05) is 0 Å². The molecular weight excluding hydrogens is 292 g/mol. The number of hydrogen-bond acceptors (Lipinski definition) is 0. The second kappa shape index (κ2) is 4.14. The van der Waals surface area contributed by atoms with Gasteiger partial charge in [0.05, 0.1) is 3.74 Å². The Morgan fingerprint density at radius 1 is 1.15 bits per heavy atom. The number of benzene rings is 1. The van der Waals surface area contributed by atoms with Crippen LogP contribution in [0.25, 0.3) is 0 Å². The fourth-order valence-electron chi connectivity index (χ4n) is 1.14. The third-order valence-corrected chi connectivity index (χ3v) is 3.06. The van der Waals surface area contributed by atoms with Crippen molar-refractivity contribution >= 4 is 31.9 Å². The van der Waals surface area contributed by atoms with E-state index in [1.54, 1.807) is 0 Å². The lowest BCUT2D eigenvalue weighted by atomic mass is 9.86. The van der Waals surface area contributed by atoms with Crippen LogP contribution in [0.1, 0.15) is 35.6 Å². The molecule has 2 heteroatoms. The molecule has 1 rings (SSSR count). The quantitative estimate of drug-likeness (QED) is 0.655. The van der Waals surface area contributed by atoms with E-state index in [1.807, 2.05) is 0 Å². The van der Waals surface area contributed by atoms with E-state index in [9.17, 15) is 0 Å². The highest BCUT2D eigenvalue weighted by Crippen LogP contribution is 2.32. The molecule has 0 nitrogen and oxygen atoms in total. The molecule has 0 N–H and O–H groups in total. The zero-order valence-corrected chi connectivity index (χ0v) is 11.3. The van der Waals surface area contributed by atoms with Gasteiger partial charge in [0.25, 0.3) is 0 Å². The summed E-state index contributed by atoms with van der Waals surface area (Å²) in [5.41, 5.74) is 2.87. The second-order valence-corrected chi connectivity index (χ2v) is 7.24. The van der Waals surface area contributed by atoms with Gasteiger partial charge in [0.2, 0.25) is 0 Å². The molecule has 0 atom stereocenters. The number of hydrogen-bond donors (Lipinski definition) is 0. The monoisotopic (exact) mass is 304 g/mol. The maximum atomic E-state index is 3.50. The molecule has 1 aromatic rings. The van der Waals surface area contributed by atoms with Gasteiger partial charge < -0.3 is 0 Å². The van der Waals surface area contributed by atoms with E-state index < -0.39 is 0 Å². The first-order chi connectivity index (χ1) is 5.91.